The van der Waals surface area contributed by atoms with Crippen molar-refractivity contribution < 1.29 is 18.8 Å². The molecule has 7 heteroatoms. The summed E-state index contributed by atoms with van der Waals surface area (Å²) in [6.45, 7) is 3.26. The second-order valence-electron chi connectivity index (χ2n) is 6.74. The molecule has 1 aliphatic heterocycles. The van der Waals surface area contributed by atoms with Gasteiger partial charge in [0, 0.05) is 0 Å². The molecule has 1 aliphatic rings. The van der Waals surface area contributed by atoms with Gasteiger partial charge in [-0.05, 0) is 31.0 Å². The van der Waals surface area contributed by atoms with E-state index in [1.54, 1.807) is 19.1 Å². The van der Waals surface area contributed by atoms with Gasteiger partial charge in [0.05, 0.1) is 12.3 Å². The van der Waals surface area contributed by atoms with Crippen molar-refractivity contribution in [1.29, 1.82) is 0 Å². The average Bonchev–Trinajstić information content (AvgIpc) is 3.27. The van der Waals surface area contributed by atoms with E-state index in [0.717, 1.165) is 23.3 Å². The third kappa shape index (κ3) is 3.72. The first-order chi connectivity index (χ1) is 13.0. The van der Waals surface area contributed by atoms with Crippen LogP contribution in [0.1, 0.15) is 44.1 Å². The fourth-order valence-electron chi connectivity index (χ4n) is 3.25. The molecule has 7 nitrogen and oxygen atoms in total. The number of amides is 4. The molecule has 2 atom stereocenters. The number of nitrogens with one attached hydrogen (secondary N) is 2. The molecule has 0 aliphatic carbocycles. The molecule has 1 fully saturated rings. The molecule has 0 bridgehead atoms. The van der Waals surface area contributed by atoms with E-state index in [9.17, 15) is 14.4 Å². The lowest BCUT2D eigenvalue weighted by molar-refractivity contribution is -0.135. The van der Waals surface area contributed by atoms with Crippen LogP contribution in [0.2, 0.25) is 0 Å². The highest BCUT2D eigenvalue weighted by Crippen LogP contribution is 2.29. The highest BCUT2D eigenvalue weighted by Gasteiger charge is 2.51. The molecule has 1 aromatic heterocycles. The van der Waals surface area contributed by atoms with Gasteiger partial charge in [-0.2, -0.15) is 0 Å². The van der Waals surface area contributed by atoms with Crippen LogP contribution >= 0.6 is 0 Å². The van der Waals surface area contributed by atoms with Crippen molar-refractivity contribution in [2.75, 3.05) is 6.54 Å². The van der Waals surface area contributed by atoms with Crippen molar-refractivity contribution in [1.82, 2.24) is 15.5 Å². The first-order valence-electron chi connectivity index (χ1n) is 8.98. The second kappa shape index (κ2) is 7.65. The molecule has 1 aromatic carbocycles. The molecule has 3 rings (SSSR count). The molecule has 2 aromatic rings. The standard InChI is InChI=1S/C20H23N3O4/c1-3-8-15(14-9-5-4-6-10-14)21-17(24)13-23-18(25)20(2,22-19(23)26)16-11-7-12-27-16/h4-7,9-12,15H,3,8,13H2,1-2H3,(H,21,24)(H,22,26)/t15-,20+/m0/s1. The summed E-state index contributed by atoms with van der Waals surface area (Å²) in [6, 6.07) is 12.1. The Morgan fingerprint density at radius 2 is 1.96 bits per heavy atom. The number of benzene rings is 1. The summed E-state index contributed by atoms with van der Waals surface area (Å²) in [4.78, 5) is 38.5. The summed E-state index contributed by atoms with van der Waals surface area (Å²) < 4.78 is 5.28. The molecule has 2 N–H and O–H groups in total. The van der Waals surface area contributed by atoms with Gasteiger partial charge in [0.25, 0.3) is 5.91 Å². The highest BCUT2D eigenvalue weighted by molar-refractivity contribution is 6.08. The number of imide groups is 1. The van der Waals surface area contributed by atoms with Crippen molar-refractivity contribution in [2.45, 2.75) is 38.3 Å². The molecule has 2 heterocycles. The molecule has 4 amide bonds. The predicted octanol–water partition coefficient (Wildman–Crippen LogP) is 2.70. The van der Waals surface area contributed by atoms with Gasteiger partial charge in [0.15, 0.2) is 5.54 Å². The van der Waals surface area contributed by atoms with Gasteiger partial charge < -0.3 is 15.1 Å². The molecular weight excluding hydrogens is 346 g/mol. The van der Waals surface area contributed by atoms with E-state index >= 15 is 0 Å². The number of carbonyl (C=O) groups excluding carboxylic acids is 3. The van der Waals surface area contributed by atoms with Crippen LogP contribution in [-0.4, -0.2) is 29.3 Å². The second-order valence-corrected chi connectivity index (χ2v) is 6.74. The number of urea groups is 1. The van der Waals surface area contributed by atoms with Gasteiger partial charge in [-0.25, -0.2) is 4.79 Å². The quantitative estimate of drug-likeness (QED) is 0.734. The van der Waals surface area contributed by atoms with Crippen LogP contribution in [0.5, 0.6) is 0 Å². The summed E-state index contributed by atoms with van der Waals surface area (Å²) in [5.74, 6) is -0.564. The number of hydrogen-bond donors (Lipinski definition) is 2. The number of rotatable bonds is 7. The van der Waals surface area contributed by atoms with Gasteiger partial charge in [-0.1, -0.05) is 43.7 Å². The molecule has 142 valence electrons. The Morgan fingerprint density at radius 3 is 2.59 bits per heavy atom. The minimum Gasteiger partial charge on any atom is -0.466 e. The maximum absolute atomic E-state index is 12.8. The zero-order valence-corrected chi connectivity index (χ0v) is 15.4. The lowest BCUT2D eigenvalue weighted by Crippen LogP contribution is -2.43. The first kappa shape index (κ1) is 18.7. The maximum Gasteiger partial charge on any atom is 0.325 e. The summed E-state index contributed by atoms with van der Waals surface area (Å²) in [6.07, 6.45) is 3.09. The minimum atomic E-state index is -1.30. The average molecular weight is 369 g/mol. The van der Waals surface area contributed by atoms with Gasteiger partial charge in [-0.3, -0.25) is 14.5 Å². The predicted molar refractivity (Wildman–Crippen MR) is 98.5 cm³/mol. The third-order valence-corrected chi connectivity index (χ3v) is 4.71. The van der Waals surface area contributed by atoms with Crippen LogP contribution in [0, 0.1) is 0 Å². The zero-order chi connectivity index (χ0) is 19.4. The number of carbonyl (C=O) groups is 3. The summed E-state index contributed by atoms with van der Waals surface area (Å²) >= 11 is 0. The van der Waals surface area contributed by atoms with E-state index in [1.165, 1.54) is 6.26 Å². The number of nitrogens with zero attached hydrogens (tertiary/aromatic N) is 1. The first-order valence-corrected chi connectivity index (χ1v) is 8.98. The van der Waals surface area contributed by atoms with E-state index in [0.29, 0.717) is 5.76 Å². The molecule has 1 saturated heterocycles. The van der Waals surface area contributed by atoms with Crippen LogP contribution in [0.15, 0.2) is 53.1 Å². The van der Waals surface area contributed by atoms with Crippen LogP contribution in [-0.2, 0) is 15.1 Å². The smallest absolute Gasteiger partial charge is 0.325 e. The van der Waals surface area contributed by atoms with Gasteiger partial charge in [-0.15, -0.1) is 0 Å². The molecule has 27 heavy (non-hydrogen) atoms. The molecule has 0 saturated carbocycles. The third-order valence-electron chi connectivity index (χ3n) is 4.71. The van der Waals surface area contributed by atoms with Gasteiger partial charge in [0.2, 0.25) is 5.91 Å². The molecule has 0 unspecified atom stereocenters. The monoisotopic (exact) mass is 369 g/mol. The molecule has 0 radical (unpaired) electrons. The maximum atomic E-state index is 12.8. The number of furan rings is 1. The van der Waals surface area contributed by atoms with Gasteiger partial charge >= 0.3 is 6.03 Å². The van der Waals surface area contributed by atoms with Crippen molar-refractivity contribution in [2.24, 2.45) is 0 Å². The van der Waals surface area contributed by atoms with E-state index < -0.39 is 17.5 Å². The number of hydrogen-bond acceptors (Lipinski definition) is 4. The van der Waals surface area contributed by atoms with Crippen molar-refractivity contribution in [3.05, 3.63) is 60.1 Å². The minimum absolute atomic E-state index is 0.166. The summed E-state index contributed by atoms with van der Waals surface area (Å²) in [7, 11) is 0. The Labute approximate surface area is 157 Å². The zero-order valence-electron chi connectivity index (χ0n) is 15.4. The topological polar surface area (TPSA) is 91.7 Å². The Bertz CT molecular complexity index is 819. The Balaban J connectivity index is 1.70. The summed E-state index contributed by atoms with van der Waals surface area (Å²) in [5, 5.41) is 5.54. The Kier molecular flexibility index (Phi) is 5.30. The Hall–Kier alpha value is -3.09. The normalized spacial score (nSPS) is 20.4. The largest absolute Gasteiger partial charge is 0.466 e. The fourth-order valence-corrected chi connectivity index (χ4v) is 3.25. The molecular formula is C20H23N3O4. The van der Waals surface area contributed by atoms with E-state index in [-0.39, 0.29) is 18.5 Å². The van der Waals surface area contributed by atoms with Crippen molar-refractivity contribution in [3.63, 3.8) is 0 Å². The van der Waals surface area contributed by atoms with Gasteiger partial charge in [0.1, 0.15) is 12.3 Å². The highest BCUT2D eigenvalue weighted by atomic mass is 16.3. The van der Waals surface area contributed by atoms with Crippen LogP contribution < -0.4 is 10.6 Å². The lowest BCUT2D eigenvalue weighted by Gasteiger charge is -2.21. The molecule has 0 spiro atoms. The van der Waals surface area contributed by atoms with E-state index in [4.69, 9.17) is 4.42 Å². The Morgan fingerprint density at radius 1 is 1.22 bits per heavy atom. The van der Waals surface area contributed by atoms with Crippen molar-refractivity contribution >= 4 is 17.8 Å². The van der Waals surface area contributed by atoms with Crippen LogP contribution in [0.3, 0.4) is 0 Å². The SMILES string of the molecule is CCC[C@H](NC(=O)CN1C(=O)N[C@](C)(c2ccco2)C1=O)c1ccccc1. The summed E-state index contributed by atoms with van der Waals surface area (Å²) in [5.41, 5.74) is -0.311. The van der Waals surface area contributed by atoms with E-state index in [1.807, 2.05) is 37.3 Å². The van der Waals surface area contributed by atoms with E-state index in [2.05, 4.69) is 10.6 Å². The van der Waals surface area contributed by atoms with Crippen molar-refractivity contribution in [3.8, 4) is 0 Å². The van der Waals surface area contributed by atoms with Crippen LogP contribution in [0.25, 0.3) is 0 Å². The lowest BCUT2D eigenvalue weighted by atomic mass is 9.99. The fraction of sp³-hybridized carbons (Fsp3) is 0.350. The van der Waals surface area contributed by atoms with Crippen LogP contribution in [0.4, 0.5) is 4.79 Å².